The Morgan fingerprint density at radius 2 is 1.88 bits per heavy atom. The van der Waals surface area contributed by atoms with Crippen molar-refractivity contribution in [3.05, 3.63) is 65.5 Å². The number of hydrogen-bond acceptors (Lipinski definition) is 3. The van der Waals surface area contributed by atoms with Gasteiger partial charge in [0.25, 0.3) is 0 Å². The number of carboxylic acid groups (broad SMARTS) is 1. The molecule has 124 valence electrons. The number of carbonyl (C=O) groups is 1. The summed E-state index contributed by atoms with van der Waals surface area (Å²) in [6.45, 7) is -2.85. The highest BCUT2D eigenvalue weighted by atomic mass is 19.3. The van der Waals surface area contributed by atoms with Gasteiger partial charge in [0.15, 0.2) is 5.82 Å². The standard InChI is InChI=1S/C18H11F2N3O2/c19-18(20)23-15-4-2-1-3-14(15)22-16(23)13(10-21)9-11-5-7-12(8-6-11)17(24)25/h1-9,18H,(H,24,25)/b13-9+. The highest BCUT2D eigenvalue weighted by molar-refractivity contribution is 5.92. The summed E-state index contributed by atoms with van der Waals surface area (Å²) in [4.78, 5) is 15.0. The summed E-state index contributed by atoms with van der Waals surface area (Å²) in [5.74, 6) is -1.21. The maximum absolute atomic E-state index is 13.5. The predicted molar refractivity (Wildman–Crippen MR) is 87.9 cm³/mol. The SMILES string of the molecule is N#C/C(=C\c1ccc(C(=O)O)cc1)c1nc2ccccc2n1C(F)F. The number of carboxylic acids is 1. The van der Waals surface area contributed by atoms with Gasteiger partial charge in [-0.05, 0) is 35.9 Å². The second-order valence-electron chi connectivity index (χ2n) is 5.17. The average Bonchev–Trinajstić information content (AvgIpc) is 2.99. The molecule has 0 saturated carbocycles. The summed E-state index contributed by atoms with van der Waals surface area (Å²) in [5.41, 5.74) is 1.15. The van der Waals surface area contributed by atoms with E-state index in [1.807, 2.05) is 6.07 Å². The number of fused-ring (bicyclic) bond motifs is 1. The zero-order valence-corrected chi connectivity index (χ0v) is 12.7. The molecule has 0 aliphatic carbocycles. The normalized spacial score (nSPS) is 11.7. The van der Waals surface area contributed by atoms with Crippen LogP contribution in [0.4, 0.5) is 8.78 Å². The molecule has 5 nitrogen and oxygen atoms in total. The van der Waals surface area contributed by atoms with Gasteiger partial charge in [-0.25, -0.2) is 9.78 Å². The minimum Gasteiger partial charge on any atom is -0.478 e. The van der Waals surface area contributed by atoms with Gasteiger partial charge in [0, 0.05) is 0 Å². The Labute approximate surface area is 141 Å². The Hall–Kier alpha value is -3.53. The van der Waals surface area contributed by atoms with E-state index in [1.165, 1.54) is 36.4 Å². The molecule has 0 fully saturated rings. The lowest BCUT2D eigenvalue weighted by atomic mass is 10.1. The van der Waals surface area contributed by atoms with Gasteiger partial charge >= 0.3 is 12.5 Å². The number of halogens is 2. The molecule has 0 saturated heterocycles. The first-order valence-electron chi connectivity index (χ1n) is 7.22. The van der Waals surface area contributed by atoms with Crippen LogP contribution in [0.2, 0.25) is 0 Å². The van der Waals surface area contributed by atoms with E-state index in [4.69, 9.17) is 5.11 Å². The van der Waals surface area contributed by atoms with Gasteiger partial charge in [-0.2, -0.15) is 14.0 Å². The van der Waals surface area contributed by atoms with Gasteiger partial charge in [-0.3, -0.25) is 4.57 Å². The first-order valence-corrected chi connectivity index (χ1v) is 7.22. The van der Waals surface area contributed by atoms with Gasteiger partial charge in [-0.1, -0.05) is 24.3 Å². The van der Waals surface area contributed by atoms with Crippen molar-refractivity contribution in [1.82, 2.24) is 9.55 Å². The van der Waals surface area contributed by atoms with Crippen molar-refractivity contribution in [2.75, 3.05) is 0 Å². The third kappa shape index (κ3) is 3.10. The zero-order chi connectivity index (χ0) is 18.0. The number of aromatic carboxylic acids is 1. The zero-order valence-electron chi connectivity index (χ0n) is 12.7. The first kappa shape index (κ1) is 16.3. The maximum atomic E-state index is 13.5. The van der Waals surface area contributed by atoms with E-state index in [0.717, 1.165) is 0 Å². The van der Waals surface area contributed by atoms with Crippen LogP contribution in [-0.2, 0) is 0 Å². The van der Waals surface area contributed by atoms with Crippen LogP contribution in [0.15, 0.2) is 48.5 Å². The van der Waals surface area contributed by atoms with E-state index < -0.39 is 12.5 Å². The van der Waals surface area contributed by atoms with Crippen molar-refractivity contribution in [3.63, 3.8) is 0 Å². The van der Waals surface area contributed by atoms with Crippen LogP contribution in [0.25, 0.3) is 22.7 Å². The van der Waals surface area contributed by atoms with Gasteiger partial charge in [0.2, 0.25) is 0 Å². The van der Waals surface area contributed by atoms with E-state index in [0.29, 0.717) is 15.6 Å². The average molecular weight is 339 g/mol. The van der Waals surface area contributed by atoms with Crippen molar-refractivity contribution in [2.45, 2.75) is 6.55 Å². The molecular formula is C18H11F2N3O2. The number of benzene rings is 2. The molecule has 2 aromatic carbocycles. The molecule has 0 spiro atoms. The Balaban J connectivity index is 2.12. The molecule has 3 aromatic rings. The van der Waals surface area contributed by atoms with Crippen LogP contribution in [0.3, 0.4) is 0 Å². The van der Waals surface area contributed by atoms with Crippen LogP contribution in [-0.4, -0.2) is 20.6 Å². The number of rotatable bonds is 4. The van der Waals surface area contributed by atoms with Gasteiger partial charge < -0.3 is 5.11 Å². The first-order chi connectivity index (χ1) is 12.0. The fourth-order valence-corrected chi connectivity index (χ4v) is 2.47. The Bertz CT molecular complexity index is 1010. The van der Waals surface area contributed by atoms with Crippen LogP contribution >= 0.6 is 0 Å². The Morgan fingerprint density at radius 3 is 2.48 bits per heavy atom. The number of aromatic nitrogens is 2. The minimum absolute atomic E-state index is 0.0421. The van der Waals surface area contributed by atoms with Gasteiger partial charge in [0.05, 0.1) is 22.2 Å². The monoisotopic (exact) mass is 339 g/mol. The molecule has 1 aromatic heterocycles. The summed E-state index contributed by atoms with van der Waals surface area (Å²) in [7, 11) is 0. The summed E-state index contributed by atoms with van der Waals surface area (Å²) in [6, 6.07) is 14.0. The van der Waals surface area contributed by atoms with E-state index in [9.17, 15) is 18.8 Å². The second-order valence-corrected chi connectivity index (χ2v) is 5.17. The Morgan fingerprint density at radius 1 is 1.20 bits per heavy atom. The highest BCUT2D eigenvalue weighted by Gasteiger charge is 2.20. The number of imidazole rings is 1. The van der Waals surface area contributed by atoms with Crippen LogP contribution in [0, 0.1) is 11.3 Å². The molecule has 1 heterocycles. The molecule has 0 aliphatic heterocycles. The predicted octanol–water partition coefficient (Wildman–Crippen LogP) is 4.19. The molecule has 0 amide bonds. The van der Waals surface area contributed by atoms with E-state index in [1.54, 1.807) is 18.2 Å². The summed E-state index contributed by atoms with van der Waals surface area (Å²) in [6.07, 6.45) is 1.39. The van der Waals surface area contributed by atoms with Crippen LogP contribution in [0.5, 0.6) is 0 Å². The number of nitrogens with zero attached hydrogens (tertiary/aromatic N) is 3. The van der Waals surface area contributed by atoms with Gasteiger partial charge in [0.1, 0.15) is 6.07 Å². The molecule has 0 radical (unpaired) electrons. The quantitative estimate of drug-likeness (QED) is 0.723. The fourth-order valence-electron chi connectivity index (χ4n) is 2.47. The molecule has 7 heteroatoms. The van der Waals surface area contributed by atoms with Crippen molar-refractivity contribution < 1.29 is 18.7 Å². The summed E-state index contributed by atoms with van der Waals surface area (Å²) in [5, 5.41) is 18.3. The Kier molecular flexibility index (Phi) is 4.27. The minimum atomic E-state index is -2.85. The number of para-hydroxylation sites is 2. The number of hydrogen-bond donors (Lipinski definition) is 1. The molecule has 25 heavy (non-hydrogen) atoms. The molecule has 0 unspecified atom stereocenters. The van der Waals surface area contributed by atoms with Crippen LogP contribution in [0.1, 0.15) is 28.3 Å². The lowest BCUT2D eigenvalue weighted by Crippen LogP contribution is -2.03. The largest absolute Gasteiger partial charge is 0.478 e. The number of allylic oxidation sites excluding steroid dienone is 1. The lowest BCUT2D eigenvalue weighted by molar-refractivity contribution is 0.0695. The van der Waals surface area contributed by atoms with Gasteiger partial charge in [-0.15, -0.1) is 0 Å². The molecule has 3 rings (SSSR count). The topological polar surface area (TPSA) is 78.9 Å². The summed E-state index contributed by atoms with van der Waals surface area (Å²) >= 11 is 0. The third-order valence-corrected chi connectivity index (χ3v) is 3.62. The molecule has 1 N–H and O–H groups in total. The van der Waals surface area contributed by atoms with E-state index in [2.05, 4.69) is 4.98 Å². The molecular weight excluding hydrogens is 328 g/mol. The smallest absolute Gasteiger partial charge is 0.335 e. The molecule has 0 atom stereocenters. The van der Waals surface area contributed by atoms with Crippen LogP contribution < -0.4 is 0 Å². The lowest BCUT2D eigenvalue weighted by Gasteiger charge is -2.07. The number of alkyl halides is 2. The van der Waals surface area contributed by atoms with E-state index in [-0.39, 0.29) is 22.5 Å². The molecule has 0 aliphatic rings. The summed E-state index contributed by atoms with van der Waals surface area (Å²) < 4.78 is 27.7. The number of nitriles is 1. The van der Waals surface area contributed by atoms with Crippen molar-refractivity contribution in [3.8, 4) is 6.07 Å². The fraction of sp³-hybridized carbons (Fsp3) is 0.0556. The third-order valence-electron chi connectivity index (χ3n) is 3.62. The van der Waals surface area contributed by atoms with Crippen molar-refractivity contribution in [1.29, 1.82) is 5.26 Å². The van der Waals surface area contributed by atoms with Crippen molar-refractivity contribution in [2.24, 2.45) is 0 Å². The maximum Gasteiger partial charge on any atom is 0.335 e. The van der Waals surface area contributed by atoms with Crippen molar-refractivity contribution >= 4 is 28.7 Å². The highest BCUT2D eigenvalue weighted by Crippen LogP contribution is 2.28. The molecule has 0 bridgehead atoms. The van der Waals surface area contributed by atoms with E-state index >= 15 is 0 Å². The second kappa shape index (κ2) is 6.53.